The summed E-state index contributed by atoms with van der Waals surface area (Å²) in [6.07, 6.45) is 0. The quantitative estimate of drug-likeness (QED) is 0.510. The molecule has 0 aromatic heterocycles. The molecule has 2 radical (unpaired) electrons. The number of carbonyl (C=O) groups is 2. The summed E-state index contributed by atoms with van der Waals surface area (Å²) in [4.78, 5) is 24.7. The summed E-state index contributed by atoms with van der Waals surface area (Å²) in [6.45, 7) is 3.53. The second-order valence-electron chi connectivity index (χ2n) is 4.49. The Balaban J connectivity index is 2.26. The first-order valence-electron chi connectivity index (χ1n) is 4.95. The number of β-lactam (4-membered cyclic amide) rings is 1. The van der Waals surface area contributed by atoms with Crippen LogP contribution in [0.3, 0.4) is 0 Å². The number of nitrogens with zero attached hydrogens (tertiary/aromatic N) is 1. The molecular weight excluding hydrogens is 229 g/mol. The zero-order valence-corrected chi connectivity index (χ0v) is 9.86. The second-order valence-corrected chi connectivity index (χ2v) is 6.26. The van der Waals surface area contributed by atoms with Crippen LogP contribution < -0.4 is 0 Å². The summed E-state index contributed by atoms with van der Waals surface area (Å²) in [7, 11) is 4.87. The Kier molecular flexibility index (Phi) is 2.70. The topological polar surface area (TPSA) is 66.8 Å². The highest BCUT2D eigenvalue weighted by atomic mass is 32.2. The van der Waals surface area contributed by atoms with Gasteiger partial charge in [-0.1, -0.05) is 0 Å². The van der Waals surface area contributed by atoms with Gasteiger partial charge < -0.3 is 14.7 Å². The maximum absolute atomic E-state index is 11.7. The molecule has 2 saturated heterocycles. The summed E-state index contributed by atoms with van der Waals surface area (Å²) in [5, 5.41) is 8.91. The van der Waals surface area contributed by atoms with Gasteiger partial charge in [0.2, 0.25) is 5.91 Å². The lowest BCUT2D eigenvalue weighted by molar-refractivity contribution is -0.163. The van der Waals surface area contributed by atoms with Gasteiger partial charge >= 0.3 is 14.0 Å². The lowest BCUT2D eigenvalue weighted by Crippen LogP contribution is -2.63. The molecule has 7 heteroatoms. The molecule has 5 nitrogen and oxygen atoms in total. The number of amides is 1. The first-order chi connectivity index (χ1) is 7.44. The molecule has 1 N–H and O–H groups in total. The second kappa shape index (κ2) is 3.66. The van der Waals surface area contributed by atoms with Crippen LogP contribution in [0.25, 0.3) is 0 Å². The molecule has 0 bridgehead atoms. The SMILES string of the molecule is [B]OC(=O)C1N2C(=O)C(CO)C2SC1(C)C. The molecule has 0 saturated carbocycles. The van der Waals surface area contributed by atoms with Crippen LogP contribution in [0, 0.1) is 5.92 Å². The van der Waals surface area contributed by atoms with E-state index in [1.807, 2.05) is 13.8 Å². The van der Waals surface area contributed by atoms with E-state index in [4.69, 9.17) is 13.2 Å². The van der Waals surface area contributed by atoms with Crippen LogP contribution in [0.1, 0.15) is 13.8 Å². The van der Waals surface area contributed by atoms with Gasteiger partial charge in [-0.15, -0.1) is 11.8 Å². The highest BCUT2D eigenvalue weighted by Gasteiger charge is 2.63. The van der Waals surface area contributed by atoms with Gasteiger partial charge in [0, 0.05) is 4.75 Å². The fourth-order valence-corrected chi connectivity index (χ4v) is 3.97. The average molecular weight is 241 g/mol. The summed E-state index contributed by atoms with van der Waals surface area (Å²) >= 11 is 1.49. The van der Waals surface area contributed by atoms with Crippen molar-refractivity contribution in [3.8, 4) is 0 Å². The Hall–Kier alpha value is -0.685. The third kappa shape index (κ3) is 1.38. The lowest BCUT2D eigenvalue weighted by Gasteiger charge is -2.43. The fraction of sp³-hybridized carbons (Fsp3) is 0.778. The van der Waals surface area contributed by atoms with Crippen molar-refractivity contribution in [2.45, 2.75) is 30.0 Å². The summed E-state index contributed by atoms with van der Waals surface area (Å²) in [5.74, 6) is -1.22. The van der Waals surface area contributed by atoms with E-state index in [1.165, 1.54) is 16.7 Å². The number of rotatable bonds is 2. The Morgan fingerprint density at radius 1 is 1.69 bits per heavy atom. The number of hydrogen-bond acceptors (Lipinski definition) is 5. The Labute approximate surface area is 98.9 Å². The number of aliphatic hydroxyl groups excluding tert-OH is 1. The van der Waals surface area contributed by atoms with E-state index in [-0.39, 0.29) is 17.9 Å². The highest BCUT2D eigenvalue weighted by molar-refractivity contribution is 8.01. The third-order valence-corrected chi connectivity index (χ3v) is 4.72. The first kappa shape index (κ1) is 11.8. The molecule has 16 heavy (non-hydrogen) atoms. The molecule has 86 valence electrons. The molecule has 0 aromatic rings. The van der Waals surface area contributed by atoms with Crippen molar-refractivity contribution in [3.63, 3.8) is 0 Å². The summed E-state index contributed by atoms with van der Waals surface area (Å²) < 4.78 is 3.79. The van der Waals surface area contributed by atoms with Crippen LogP contribution in [0.15, 0.2) is 0 Å². The van der Waals surface area contributed by atoms with Crippen LogP contribution in [0.4, 0.5) is 0 Å². The zero-order chi connectivity index (χ0) is 12.1. The van der Waals surface area contributed by atoms with Crippen molar-refractivity contribution in [1.82, 2.24) is 4.90 Å². The molecule has 2 fully saturated rings. The van der Waals surface area contributed by atoms with Crippen molar-refractivity contribution >= 4 is 31.7 Å². The third-order valence-electron chi connectivity index (χ3n) is 3.09. The van der Waals surface area contributed by atoms with Gasteiger partial charge in [-0.05, 0) is 13.8 Å². The smallest absolute Gasteiger partial charge is 0.378 e. The normalized spacial score (nSPS) is 35.6. The molecule has 2 aliphatic rings. The number of fused-ring (bicyclic) bond motifs is 1. The minimum Gasteiger partial charge on any atom is -0.542 e. The maximum atomic E-state index is 11.7. The van der Waals surface area contributed by atoms with Gasteiger partial charge in [0.15, 0.2) is 0 Å². The van der Waals surface area contributed by atoms with E-state index in [9.17, 15) is 9.59 Å². The van der Waals surface area contributed by atoms with E-state index >= 15 is 0 Å². The van der Waals surface area contributed by atoms with Crippen LogP contribution in [-0.2, 0) is 14.2 Å². The highest BCUT2D eigenvalue weighted by Crippen LogP contribution is 2.53. The minimum atomic E-state index is -0.664. The molecule has 0 aromatic carbocycles. The van der Waals surface area contributed by atoms with Gasteiger partial charge in [0.05, 0.1) is 17.9 Å². The van der Waals surface area contributed by atoms with Crippen LogP contribution in [0.5, 0.6) is 0 Å². The van der Waals surface area contributed by atoms with Gasteiger partial charge in [-0.3, -0.25) is 9.59 Å². The predicted molar refractivity (Wildman–Crippen MR) is 58.5 cm³/mol. The van der Waals surface area contributed by atoms with Crippen molar-refractivity contribution in [1.29, 1.82) is 0 Å². The summed E-state index contributed by atoms with van der Waals surface area (Å²) in [6, 6.07) is -0.664. The zero-order valence-electron chi connectivity index (χ0n) is 9.04. The van der Waals surface area contributed by atoms with Gasteiger partial charge in [-0.25, -0.2) is 0 Å². The largest absolute Gasteiger partial charge is 0.542 e. The van der Waals surface area contributed by atoms with E-state index in [0.29, 0.717) is 0 Å². The van der Waals surface area contributed by atoms with E-state index in [0.717, 1.165) is 0 Å². The van der Waals surface area contributed by atoms with Crippen molar-refractivity contribution in [3.05, 3.63) is 0 Å². The van der Waals surface area contributed by atoms with Crippen LogP contribution in [-0.4, -0.2) is 52.7 Å². The molecule has 1 amide bonds. The lowest BCUT2D eigenvalue weighted by atomic mass is 9.92. The predicted octanol–water partition coefficient (Wildman–Crippen LogP) is -0.716. The molecule has 0 spiro atoms. The molecule has 0 aliphatic carbocycles. The first-order valence-corrected chi connectivity index (χ1v) is 5.83. The molecule has 3 unspecified atom stereocenters. The van der Waals surface area contributed by atoms with Crippen molar-refractivity contribution in [2.75, 3.05) is 6.61 Å². The van der Waals surface area contributed by atoms with Crippen molar-refractivity contribution < 1.29 is 19.3 Å². The van der Waals surface area contributed by atoms with E-state index in [2.05, 4.69) is 4.65 Å². The number of hydrogen-bond donors (Lipinski definition) is 1. The number of carbonyl (C=O) groups excluding carboxylic acids is 2. The maximum Gasteiger partial charge on any atom is 0.378 e. The molecule has 3 atom stereocenters. The number of thioether (sulfide) groups is 1. The van der Waals surface area contributed by atoms with Gasteiger partial charge in [-0.2, -0.15) is 0 Å². The fourth-order valence-electron chi connectivity index (χ4n) is 2.30. The monoisotopic (exact) mass is 241 g/mol. The molecule has 2 rings (SSSR count). The average Bonchev–Trinajstić information content (AvgIpc) is 2.47. The van der Waals surface area contributed by atoms with Crippen LogP contribution >= 0.6 is 11.8 Å². The summed E-state index contributed by atoms with van der Waals surface area (Å²) in [5.41, 5.74) is 0. The number of aliphatic hydroxyl groups is 1. The van der Waals surface area contributed by atoms with E-state index < -0.39 is 22.7 Å². The Morgan fingerprint density at radius 2 is 2.31 bits per heavy atom. The van der Waals surface area contributed by atoms with Gasteiger partial charge in [0.25, 0.3) is 0 Å². The van der Waals surface area contributed by atoms with Gasteiger partial charge in [0.1, 0.15) is 6.04 Å². The van der Waals surface area contributed by atoms with Crippen molar-refractivity contribution in [2.24, 2.45) is 5.92 Å². The molecule has 2 aliphatic heterocycles. The molecule has 2 heterocycles. The van der Waals surface area contributed by atoms with E-state index in [1.54, 1.807) is 0 Å². The Bertz CT molecular complexity index is 348. The van der Waals surface area contributed by atoms with Crippen LogP contribution in [0.2, 0.25) is 0 Å². The molecular formula is C9H12BNO4S. The minimum absolute atomic E-state index is 0.142. The Morgan fingerprint density at radius 3 is 2.81 bits per heavy atom. The standard InChI is InChI=1S/C9H12BNO4S/c1-9(2)5(8(14)15-10)11-6(13)4(3-12)7(11)16-9/h4-5,7,12H,3H2,1-2H3.